The van der Waals surface area contributed by atoms with E-state index < -0.39 is 60.0 Å². The molecule has 2 aliphatic heterocycles. The summed E-state index contributed by atoms with van der Waals surface area (Å²) in [6.07, 6.45) is 1.28. The molecule has 12 heteroatoms. The van der Waals surface area contributed by atoms with Crippen molar-refractivity contribution in [1.29, 1.82) is 0 Å². The summed E-state index contributed by atoms with van der Waals surface area (Å²) in [5.74, 6) is -2.06. The number of nitrogens with zero attached hydrogens (tertiary/aromatic N) is 1. The summed E-state index contributed by atoms with van der Waals surface area (Å²) < 4.78 is 16.7. The largest absolute Gasteiger partial charge is 0.439 e. The fourth-order valence-electron chi connectivity index (χ4n) is 5.86. The lowest BCUT2D eigenvalue weighted by Gasteiger charge is -2.40. The molecule has 0 unspecified atom stereocenters. The van der Waals surface area contributed by atoms with Crippen LogP contribution in [0.15, 0.2) is 46.3 Å². The minimum atomic E-state index is -0.971. The number of hydrogen-bond donors (Lipinski definition) is 4. The van der Waals surface area contributed by atoms with Crippen LogP contribution in [0.3, 0.4) is 0 Å². The van der Waals surface area contributed by atoms with E-state index in [1.165, 1.54) is 14.2 Å². The summed E-state index contributed by atoms with van der Waals surface area (Å²) in [6, 6.07) is 0. The molecule has 0 aromatic carbocycles. The number of ether oxygens (including phenoxy) is 3. The molecule has 43 heavy (non-hydrogen) atoms. The molecule has 2 bridgehead atoms. The van der Waals surface area contributed by atoms with Crippen LogP contribution in [-0.4, -0.2) is 96.5 Å². The molecule has 1 saturated heterocycles. The van der Waals surface area contributed by atoms with Gasteiger partial charge in [-0.1, -0.05) is 26.0 Å². The summed E-state index contributed by atoms with van der Waals surface area (Å²) in [4.78, 5) is 53.5. The maximum Gasteiger partial charge on any atom is 0.405 e. The van der Waals surface area contributed by atoms with Crippen LogP contribution >= 0.6 is 0 Å². The molecular weight excluding hydrogens is 558 g/mol. The van der Waals surface area contributed by atoms with Crippen LogP contribution in [0.25, 0.3) is 0 Å². The van der Waals surface area contributed by atoms with Gasteiger partial charge in [0.05, 0.1) is 35.8 Å². The second-order valence-corrected chi connectivity index (χ2v) is 11.8. The average molecular weight is 604 g/mol. The van der Waals surface area contributed by atoms with Gasteiger partial charge in [0.15, 0.2) is 6.10 Å². The number of likely N-dealkylation sites (tertiary alicyclic amines) is 1. The highest BCUT2D eigenvalue weighted by molar-refractivity contribution is 6.23. The zero-order valence-corrected chi connectivity index (χ0v) is 25.8. The topological polar surface area (TPSA) is 178 Å². The molecule has 1 aliphatic carbocycles. The Balaban J connectivity index is 2.03. The first-order chi connectivity index (χ1) is 20.3. The van der Waals surface area contributed by atoms with E-state index in [0.29, 0.717) is 30.4 Å². The van der Waals surface area contributed by atoms with Crippen LogP contribution in [0.5, 0.6) is 0 Å². The number of carbonyl (C=O) groups is 4. The van der Waals surface area contributed by atoms with Crippen LogP contribution in [0.1, 0.15) is 53.4 Å². The third kappa shape index (κ3) is 8.41. The van der Waals surface area contributed by atoms with Crippen molar-refractivity contribution in [2.75, 3.05) is 27.3 Å². The highest BCUT2D eigenvalue weighted by atomic mass is 16.6. The Hall–Kier alpha value is -3.32. The number of ketones is 2. The molecule has 0 saturated carbocycles. The molecule has 0 aromatic rings. The minimum absolute atomic E-state index is 0.117. The van der Waals surface area contributed by atoms with Gasteiger partial charge in [0.2, 0.25) is 11.6 Å². The first-order valence-corrected chi connectivity index (χ1v) is 14.6. The SMILES string of the molecule is CO[C@H]1C[C@H](C)CC2=C(N3CC(O)C3)C(=O)C=C(NC(=O)/C(C)=C/CC[C@H](OC)[C@@H](OC(N)=O)/C(C)=C/[C@H](C)[C@H]1O)C2=O. The van der Waals surface area contributed by atoms with Crippen molar-refractivity contribution in [2.24, 2.45) is 17.6 Å². The van der Waals surface area contributed by atoms with Crippen molar-refractivity contribution in [3.05, 3.63) is 46.3 Å². The lowest BCUT2D eigenvalue weighted by atomic mass is 9.84. The average Bonchev–Trinajstić information content (AvgIpc) is 2.93. The zero-order valence-electron chi connectivity index (χ0n) is 25.8. The van der Waals surface area contributed by atoms with Crippen molar-refractivity contribution in [3.63, 3.8) is 0 Å². The number of aliphatic hydroxyl groups excluding tert-OH is 2. The number of primary amides is 1. The maximum atomic E-state index is 13.7. The number of nitrogens with two attached hydrogens (primary N) is 1. The van der Waals surface area contributed by atoms with Gasteiger partial charge in [-0.25, -0.2) is 4.79 Å². The summed E-state index contributed by atoms with van der Waals surface area (Å²) in [6.45, 7) is 7.53. The third-order valence-corrected chi connectivity index (χ3v) is 8.27. The van der Waals surface area contributed by atoms with E-state index in [1.54, 1.807) is 30.9 Å². The summed E-state index contributed by atoms with van der Waals surface area (Å²) in [5, 5.41) is 23.7. The first kappa shape index (κ1) is 34.2. The van der Waals surface area contributed by atoms with Gasteiger partial charge >= 0.3 is 6.09 Å². The van der Waals surface area contributed by atoms with Crippen molar-refractivity contribution < 1.29 is 43.6 Å². The number of fused-ring (bicyclic) bond motifs is 2. The third-order valence-electron chi connectivity index (χ3n) is 8.27. The number of rotatable bonds is 4. The van der Waals surface area contributed by atoms with E-state index in [2.05, 4.69) is 5.32 Å². The number of amides is 2. The van der Waals surface area contributed by atoms with Crippen LogP contribution in [0.2, 0.25) is 0 Å². The Kier molecular flexibility index (Phi) is 11.9. The lowest BCUT2D eigenvalue weighted by Crippen LogP contribution is -2.52. The molecule has 3 aliphatic rings. The number of β-amino-alcohol motifs (C(OH)–C–C–N with tert-alkyl or cyclic N) is 1. The van der Waals surface area contributed by atoms with E-state index in [9.17, 15) is 29.4 Å². The van der Waals surface area contributed by atoms with Gasteiger partial charge in [-0.15, -0.1) is 0 Å². The van der Waals surface area contributed by atoms with E-state index in [0.717, 1.165) is 6.08 Å². The van der Waals surface area contributed by atoms with Gasteiger partial charge in [0.25, 0.3) is 5.91 Å². The van der Waals surface area contributed by atoms with E-state index in [4.69, 9.17) is 19.9 Å². The van der Waals surface area contributed by atoms with Gasteiger partial charge in [-0.05, 0) is 51.0 Å². The van der Waals surface area contributed by atoms with Gasteiger partial charge in [0.1, 0.15) is 0 Å². The number of Topliss-reactive ketones (excluding diaryl/α,β-unsaturated/α-hetero) is 1. The normalized spacial score (nSPS) is 33.1. The molecule has 0 aromatic heterocycles. The standard InChI is InChI=1S/C31H45N3O9/c1-16-10-21-26(34-14-20(35)15-34)23(36)13-22(28(21)38)33-30(39)17(2)8-7-9-24(41-5)29(43-31(32)40)19(4)12-18(3)27(37)25(11-16)42-6/h8,12-13,16,18,20,24-25,27,29,35,37H,7,9-11,14-15H2,1-6H3,(H2,32,40)(H,33,39)/b17-8+,19-12+/t16-,18+,24+,25+,27-,29+/m1/s1. The smallest absolute Gasteiger partial charge is 0.405 e. The van der Waals surface area contributed by atoms with Gasteiger partial charge in [0, 0.05) is 50.4 Å². The predicted molar refractivity (Wildman–Crippen MR) is 157 cm³/mol. The van der Waals surface area contributed by atoms with E-state index in [-0.39, 0.29) is 42.4 Å². The van der Waals surface area contributed by atoms with Crippen molar-refractivity contribution >= 4 is 23.6 Å². The van der Waals surface area contributed by atoms with Crippen LogP contribution < -0.4 is 11.1 Å². The molecule has 2 heterocycles. The van der Waals surface area contributed by atoms with Gasteiger partial charge < -0.3 is 40.4 Å². The molecule has 2 amide bonds. The molecule has 5 N–H and O–H groups in total. The molecule has 0 spiro atoms. The molecule has 12 nitrogen and oxygen atoms in total. The van der Waals surface area contributed by atoms with E-state index in [1.807, 2.05) is 13.8 Å². The number of methoxy groups -OCH3 is 2. The summed E-state index contributed by atoms with van der Waals surface area (Å²) in [7, 11) is 2.97. The number of aliphatic hydroxyl groups is 2. The second kappa shape index (κ2) is 14.9. The highest BCUT2D eigenvalue weighted by Crippen LogP contribution is 2.32. The van der Waals surface area contributed by atoms with Gasteiger partial charge in [-0.2, -0.15) is 0 Å². The monoisotopic (exact) mass is 603 g/mol. The second-order valence-electron chi connectivity index (χ2n) is 11.8. The molecule has 3 rings (SSSR count). The first-order valence-electron chi connectivity index (χ1n) is 14.6. The van der Waals surface area contributed by atoms with Crippen molar-refractivity contribution in [3.8, 4) is 0 Å². The Labute approximate surface area is 252 Å². The fraction of sp³-hybridized carbons (Fsp3) is 0.613. The Bertz CT molecular complexity index is 1210. The Morgan fingerprint density at radius 3 is 2.30 bits per heavy atom. The number of allylic oxidation sites excluding steroid dienone is 3. The minimum Gasteiger partial charge on any atom is -0.439 e. The summed E-state index contributed by atoms with van der Waals surface area (Å²) in [5.41, 5.74) is 6.69. The quantitative estimate of drug-likeness (QED) is 0.273. The lowest BCUT2D eigenvalue weighted by molar-refractivity contribution is -0.121. The molecular formula is C31H45N3O9. The van der Waals surface area contributed by atoms with Gasteiger partial charge in [-0.3, -0.25) is 14.4 Å². The Morgan fingerprint density at radius 1 is 1.07 bits per heavy atom. The van der Waals surface area contributed by atoms with E-state index >= 15 is 0 Å². The zero-order chi connectivity index (χ0) is 32.0. The molecule has 6 atom stereocenters. The summed E-state index contributed by atoms with van der Waals surface area (Å²) >= 11 is 0. The molecule has 238 valence electrons. The number of nitrogens with one attached hydrogen (secondary N) is 1. The van der Waals surface area contributed by atoms with Crippen LogP contribution in [-0.2, 0) is 28.6 Å². The van der Waals surface area contributed by atoms with Crippen molar-refractivity contribution in [2.45, 2.75) is 83.9 Å². The fourth-order valence-corrected chi connectivity index (χ4v) is 5.86. The number of carbonyl (C=O) groups excluding carboxylic acids is 4. The van der Waals surface area contributed by atoms with Crippen molar-refractivity contribution in [1.82, 2.24) is 10.2 Å². The number of hydrogen-bond acceptors (Lipinski definition) is 10. The van der Waals surface area contributed by atoms with Crippen LogP contribution in [0, 0.1) is 11.8 Å². The van der Waals surface area contributed by atoms with Crippen LogP contribution in [0.4, 0.5) is 4.79 Å². The molecule has 0 radical (unpaired) electrons. The highest BCUT2D eigenvalue weighted by Gasteiger charge is 2.38. The predicted octanol–water partition coefficient (Wildman–Crippen LogP) is 1.66. The maximum absolute atomic E-state index is 13.7. The Morgan fingerprint density at radius 2 is 1.72 bits per heavy atom. The molecule has 1 fully saturated rings.